The predicted octanol–water partition coefficient (Wildman–Crippen LogP) is 4.53. The van der Waals surface area contributed by atoms with Crippen LogP contribution in [0.25, 0.3) is 0 Å². The Labute approximate surface area is 197 Å². The SMILES string of the molecule is Cc1cc(C)n(Cc2ccc(N3C[C@@H]4CN(C)[C@@H](c5ccccc5)[C@@H]4C3)nc2)n1.Cl.Cl. The van der Waals surface area contributed by atoms with Gasteiger partial charge in [0.25, 0.3) is 0 Å². The average molecular weight is 460 g/mol. The van der Waals surface area contributed by atoms with E-state index in [0.717, 1.165) is 37.7 Å². The number of anilines is 1. The van der Waals surface area contributed by atoms with Crippen LogP contribution in [0.2, 0.25) is 0 Å². The maximum absolute atomic E-state index is 4.81. The number of benzene rings is 1. The van der Waals surface area contributed by atoms with Crippen molar-refractivity contribution < 1.29 is 0 Å². The fourth-order valence-corrected chi connectivity index (χ4v) is 5.30. The minimum absolute atomic E-state index is 0. The summed E-state index contributed by atoms with van der Waals surface area (Å²) in [6.45, 7) is 8.26. The number of aromatic nitrogens is 3. The zero-order chi connectivity index (χ0) is 20.0. The number of halogens is 2. The molecule has 0 unspecified atom stereocenters. The second-order valence-corrected chi connectivity index (χ2v) is 8.73. The number of pyridine rings is 1. The molecule has 7 heteroatoms. The van der Waals surface area contributed by atoms with Crippen molar-refractivity contribution in [3.05, 3.63) is 77.2 Å². The summed E-state index contributed by atoms with van der Waals surface area (Å²) in [6, 6.07) is 18.0. The van der Waals surface area contributed by atoms with Gasteiger partial charge in [-0.3, -0.25) is 9.58 Å². The summed E-state index contributed by atoms with van der Waals surface area (Å²) >= 11 is 0. The van der Waals surface area contributed by atoms with Crippen LogP contribution in [0.5, 0.6) is 0 Å². The Balaban J connectivity index is 0.00000136. The highest BCUT2D eigenvalue weighted by atomic mass is 35.5. The summed E-state index contributed by atoms with van der Waals surface area (Å²) in [7, 11) is 2.27. The molecule has 0 amide bonds. The summed E-state index contributed by atoms with van der Waals surface area (Å²) in [5, 5.41) is 4.56. The molecule has 0 spiro atoms. The summed E-state index contributed by atoms with van der Waals surface area (Å²) in [5.41, 5.74) is 4.89. The van der Waals surface area contributed by atoms with Gasteiger partial charge in [0.05, 0.1) is 12.2 Å². The molecule has 0 radical (unpaired) electrons. The van der Waals surface area contributed by atoms with Gasteiger partial charge in [-0.25, -0.2) is 4.98 Å². The third-order valence-electron chi connectivity index (χ3n) is 6.60. The smallest absolute Gasteiger partial charge is 0.128 e. The number of nitrogens with zero attached hydrogens (tertiary/aromatic N) is 5. The van der Waals surface area contributed by atoms with Gasteiger partial charge in [0, 0.05) is 43.5 Å². The van der Waals surface area contributed by atoms with Crippen LogP contribution in [0, 0.1) is 25.7 Å². The number of aryl methyl sites for hydroxylation is 2. The molecule has 5 nitrogen and oxygen atoms in total. The largest absolute Gasteiger partial charge is 0.356 e. The molecule has 3 aromatic rings. The molecule has 0 saturated carbocycles. The van der Waals surface area contributed by atoms with Crippen LogP contribution < -0.4 is 4.90 Å². The van der Waals surface area contributed by atoms with Crippen molar-refractivity contribution >= 4 is 30.6 Å². The Morgan fingerprint density at radius 2 is 1.74 bits per heavy atom. The van der Waals surface area contributed by atoms with Gasteiger partial charge < -0.3 is 4.90 Å². The molecule has 0 bridgehead atoms. The highest BCUT2D eigenvalue weighted by molar-refractivity contribution is 5.85. The lowest BCUT2D eigenvalue weighted by Crippen LogP contribution is -2.29. The number of hydrogen-bond acceptors (Lipinski definition) is 4. The molecular weight excluding hydrogens is 429 g/mol. The van der Waals surface area contributed by atoms with Crippen molar-refractivity contribution in [2.45, 2.75) is 26.4 Å². The normalized spacial score (nSPS) is 22.7. The van der Waals surface area contributed by atoms with Crippen molar-refractivity contribution in [3.63, 3.8) is 0 Å². The van der Waals surface area contributed by atoms with Crippen LogP contribution in [-0.4, -0.2) is 46.3 Å². The summed E-state index contributed by atoms with van der Waals surface area (Å²) in [5.74, 6) is 2.48. The molecule has 2 saturated heterocycles. The molecule has 2 aliphatic rings. The van der Waals surface area contributed by atoms with Gasteiger partial charge >= 0.3 is 0 Å². The number of fused-ring (bicyclic) bond motifs is 1. The first-order chi connectivity index (χ1) is 14.1. The molecule has 2 aromatic heterocycles. The van der Waals surface area contributed by atoms with Crippen LogP contribution in [0.3, 0.4) is 0 Å². The third-order valence-corrected chi connectivity index (χ3v) is 6.60. The van der Waals surface area contributed by atoms with Crippen molar-refractivity contribution in [3.8, 4) is 0 Å². The molecule has 0 N–H and O–H groups in total. The van der Waals surface area contributed by atoms with Gasteiger partial charge in [-0.05, 0) is 50.1 Å². The summed E-state index contributed by atoms with van der Waals surface area (Å²) in [6.07, 6.45) is 2.01. The maximum Gasteiger partial charge on any atom is 0.128 e. The second-order valence-electron chi connectivity index (χ2n) is 8.73. The Hall–Kier alpha value is -2.08. The molecule has 5 rings (SSSR count). The van der Waals surface area contributed by atoms with Crippen LogP contribution in [0.15, 0.2) is 54.7 Å². The summed E-state index contributed by atoms with van der Waals surface area (Å²) < 4.78 is 2.05. The predicted molar refractivity (Wildman–Crippen MR) is 131 cm³/mol. The van der Waals surface area contributed by atoms with Gasteiger partial charge in [0.2, 0.25) is 0 Å². The molecule has 4 heterocycles. The molecule has 0 aliphatic carbocycles. The Bertz CT molecular complexity index is 989. The standard InChI is InChI=1S/C24H29N5.2ClH/c1-17-11-18(2)29(26-17)13-19-9-10-23(25-12-19)28-15-21-14-27(3)24(22(21)16-28)20-7-5-4-6-8-20;;/h4-12,21-22,24H,13-16H2,1-3H3;2*1H/t21-,22+,24-;;/m0../s1. The minimum Gasteiger partial charge on any atom is -0.356 e. The van der Waals surface area contributed by atoms with Gasteiger partial charge in [0.1, 0.15) is 5.82 Å². The highest BCUT2D eigenvalue weighted by Crippen LogP contribution is 2.44. The number of hydrogen-bond donors (Lipinski definition) is 0. The highest BCUT2D eigenvalue weighted by Gasteiger charge is 2.46. The van der Waals surface area contributed by atoms with E-state index < -0.39 is 0 Å². The van der Waals surface area contributed by atoms with Gasteiger partial charge in [-0.1, -0.05) is 36.4 Å². The van der Waals surface area contributed by atoms with E-state index in [-0.39, 0.29) is 24.8 Å². The average Bonchev–Trinajstić information content (AvgIpc) is 3.35. The van der Waals surface area contributed by atoms with E-state index in [9.17, 15) is 0 Å². The van der Waals surface area contributed by atoms with Crippen molar-refractivity contribution in [1.82, 2.24) is 19.7 Å². The van der Waals surface area contributed by atoms with E-state index in [1.165, 1.54) is 16.8 Å². The first kappa shape index (κ1) is 23.6. The lowest BCUT2D eigenvalue weighted by Gasteiger charge is -2.27. The Kier molecular flexibility index (Phi) is 7.30. The first-order valence-electron chi connectivity index (χ1n) is 10.5. The quantitative estimate of drug-likeness (QED) is 0.574. The Morgan fingerprint density at radius 1 is 0.968 bits per heavy atom. The van der Waals surface area contributed by atoms with Gasteiger partial charge in [-0.2, -0.15) is 5.10 Å². The topological polar surface area (TPSA) is 37.2 Å². The molecule has 2 fully saturated rings. The van der Waals surface area contributed by atoms with E-state index in [1.807, 2.05) is 17.8 Å². The molecule has 3 atom stereocenters. The lowest BCUT2D eigenvalue weighted by molar-refractivity contribution is 0.280. The third kappa shape index (κ3) is 4.59. The summed E-state index contributed by atoms with van der Waals surface area (Å²) in [4.78, 5) is 9.82. The minimum atomic E-state index is 0. The number of rotatable bonds is 4. The van der Waals surface area contributed by atoms with E-state index in [2.05, 4.69) is 77.4 Å². The fraction of sp³-hybridized carbons (Fsp3) is 0.417. The van der Waals surface area contributed by atoms with Gasteiger partial charge in [0.15, 0.2) is 0 Å². The Morgan fingerprint density at radius 3 is 2.39 bits per heavy atom. The monoisotopic (exact) mass is 459 g/mol. The fourth-order valence-electron chi connectivity index (χ4n) is 5.30. The zero-order valence-electron chi connectivity index (χ0n) is 18.3. The van der Waals surface area contributed by atoms with E-state index >= 15 is 0 Å². The lowest BCUT2D eigenvalue weighted by atomic mass is 9.90. The van der Waals surface area contributed by atoms with Gasteiger partial charge in [-0.15, -0.1) is 24.8 Å². The second kappa shape index (κ2) is 9.60. The van der Waals surface area contributed by atoms with E-state index in [4.69, 9.17) is 4.98 Å². The maximum atomic E-state index is 4.81. The van der Waals surface area contributed by atoms with Crippen molar-refractivity contribution in [2.24, 2.45) is 11.8 Å². The molecule has 166 valence electrons. The zero-order valence-corrected chi connectivity index (χ0v) is 19.9. The molecule has 1 aromatic carbocycles. The van der Waals surface area contributed by atoms with Crippen LogP contribution >= 0.6 is 24.8 Å². The molecule has 2 aliphatic heterocycles. The molecule has 31 heavy (non-hydrogen) atoms. The van der Waals surface area contributed by atoms with Crippen LogP contribution in [0.1, 0.15) is 28.6 Å². The van der Waals surface area contributed by atoms with Crippen molar-refractivity contribution in [1.29, 1.82) is 0 Å². The van der Waals surface area contributed by atoms with E-state index in [0.29, 0.717) is 17.9 Å². The first-order valence-corrected chi connectivity index (χ1v) is 10.5. The van der Waals surface area contributed by atoms with Crippen LogP contribution in [0.4, 0.5) is 5.82 Å². The van der Waals surface area contributed by atoms with Crippen molar-refractivity contribution in [2.75, 3.05) is 31.6 Å². The number of likely N-dealkylation sites (tertiary alicyclic amines) is 1. The molecular formula is C24H31Cl2N5. The van der Waals surface area contributed by atoms with E-state index in [1.54, 1.807) is 0 Å². The van der Waals surface area contributed by atoms with Crippen LogP contribution in [-0.2, 0) is 6.54 Å².